The van der Waals surface area contributed by atoms with Crippen LogP contribution in [0.2, 0.25) is 0 Å². The van der Waals surface area contributed by atoms with Gasteiger partial charge in [-0.3, -0.25) is 4.79 Å². The monoisotopic (exact) mass is 418 g/mol. The van der Waals surface area contributed by atoms with Crippen LogP contribution in [0.25, 0.3) is 6.08 Å². The molecule has 0 aliphatic heterocycles. The maximum atomic E-state index is 12.9. The Balaban J connectivity index is 1.91. The second kappa shape index (κ2) is 10.1. The summed E-state index contributed by atoms with van der Waals surface area (Å²) >= 11 is 0. The zero-order valence-corrected chi connectivity index (χ0v) is 17.5. The van der Waals surface area contributed by atoms with E-state index in [9.17, 15) is 9.59 Å². The van der Waals surface area contributed by atoms with Crippen LogP contribution in [0.5, 0.6) is 23.0 Å². The van der Waals surface area contributed by atoms with Crippen LogP contribution in [0, 0.1) is 0 Å². The van der Waals surface area contributed by atoms with Gasteiger partial charge in [0, 0.05) is 11.6 Å². The van der Waals surface area contributed by atoms with E-state index in [1.807, 2.05) is 18.2 Å². The quantitative estimate of drug-likeness (QED) is 0.226. The van der Waals surface area contributed by atoms with Crippen LogP contribution < -0.4 is 18.9 Å². The lowest BCUT2D eigenvalue weighted by Crippen LogP contribution is -2.12. The molecule has 0 unspecified atom stereocenters. The average Bonchev–Trinajstić information content (AvgIpc) is 2.82. The van der Waals surface area contributed by atoms with Gasteiger partial charge >= 0.3 is 5.97 Å². The number of carbonyl (C=O) groups excluding carboxylic acids is 2. The first-order valence-electron chi connectivity index (χ1n) is 9.46. The highest BCUT2D eigenvalue weighted by Gasteiger charge is 2.19. The number of carbonyl (C=O) groups is 2. The number of esters is 1. The van der Waals surface area contributed by atoms with Crippen molar-refractivity contribution < 1.29 is 28.5 Å². The van der Waals surface area contributed by atoms with Gasteiger partial charge in [-0.05, 0) is 42.5 Å². The van der Waals surface area contributed by atoms with Gasteiger partial charge in [-0.25, -0.2) is 4.79 Å². The van der Waals surface area contributed by atoms with E-state index in [1.54, 1.807) is 55.7 Å². The molecule has 0 amide bonds. The Bertz CT molecular complexity index is 1120. The third-order valence-electron chi connectivity index (χ3n) is 4.54. The fraction of sp³-hybridized carbons (Fsp3) is 0.120. The van der Waals surface area contributed by atoms with E-state index < -0.39 is 5.97 Å². The van der Waals surface area contributed by atoms with Crippen LogP contribution >= 0.6 is 0 Å². The van der Waals surface area contributed by atoms with Gasteiger partial charge in [0.15, 0.2) is 5.78 Å². The number of hydrogen-bond acceptors (Lipinski definition) is 6. The first-order valence-corrected chi connectivity index (χ1v) is 9.46. The van der Waals surface area contributed by atoms with Gasteiger partial charge in [0.05, 0.1) is 26.9 Å². The number of allylic oxidation sites excluding steroid dienone is 1. The molecule has 3 aromatic carbocycles. The Morgan fingerprint density at radius 3 is 2.10 bits per heavy atom. The summed E-state index contributed by atoms with van der Waals surface area (Å²) in [5, 5.41) is 0. The number of rotatable bonds is 8. The molecular formula is C25H22O6. The maximum absolute atomic E-state index is 12.9. The lowest BCUT2D eigenvalue weighted by Gasteiger charge is -2.12. The molecule has 0 aliphatic rings. The molecule has 0 atom stereocenters. The van der Waals surface area contributed by atoms with Gasteiger partial charge in [-0.1, -0.05) is 30.3 Å². The highest BCUT2D eigenvalue weighted by Crippen LogP contribution is 2.28. The Morgan fingerprint density at radius 2 is 1.39 bits per heavy atom. The molecule has 0 aliphatic carbocycles. The highest BCUT2D eigenvalue weighted by molar-refractivity contribution is 6.09. The lowest BCUT2D eigenvalue weighted by molar-refractivity contribution is 0.0729. The third kappa shape index (κ3) is 5.11. The largest absolute Gasteiger partial charge is 0.497 e. The zero-order chi connectivity index (χ0) is 22.2. The molecule has 6 nitrogen and oxygen atoms in total. The van der Waals surface area contributed by atoms with Crippen molar-refractivity contribution in [1.82, 2.24) is 0 Å². The molecule has 0 aromatic heterocycles. The van der Waals surface area contributed by atoms with Crippen molar-refractivity contribution in [1.29, 1.82) is 0 Å². The summed E-state index contributed by atoms with van der Waals surface area (Å²) < 4.78 is 21.3. The maximum Gasteiger partial charge on any atom is 0.347 e. The number of ketones is 1. The molecule has 3 rings (SSSR count). The van der Waals surface area contributed by atoms with Gasteiger partial charge in [0.2, 0.25) is 0 Å². The van der Waals surface area contributed by atoms with E-state index in [4.69, 9.17) is 18.9 Å². The van der Waals surface area contributed by atoms with Crippen molar-refractivity contribution in [2.24, 2.45) is 0 Å². The predicted molar refractivity (Wildman–Crippen MR) is 117 cm³/mol. The summed E-state index contributed by atoms with van der Waals surface area (Å²) in [6.45, 7) is 0. The lowest BCUT2D eigenvalue weighted by atomic mass is 10.1. The van der Waals surface area contributed by atoms with E-state index in [2.05, 4.69) is 0 Å². The van der Waals surface area contributed by atoms with Crippen molar-refractivity contribution in [3.05, 3.63) is 89.5 Å². The standard InChI is InChI=1S/C25H22O6/c1-28-18-13-14-19(21(26)15-12-17-8-4-6-10-22(17)29-2)24(16-18)31-25(27)20-9-5-7-11-23(20)30-3/h4-16H,1-3H3/b15-12+. The topological polar surface area (TPSA) is 71.1 Å². The summed E-state index contributed by atoms with van der Waals surface area (Å²) in [6, 6.07) is 18.7. The Labute approximate surface area is 180 Å². The molecule has 3 aromatic rings. The van der Waals surface area contributed by atoms with E-state index in [0.29, 0.717) is 17.2 Å². The minimum absolute atomic E-state index is 0.0879. The van der Waals surface area contributed by atoms with Crippen molar-refractivity contribution in [3.8, 4) is 23.0 Å². The highest BCUT2D eigenvalue weighted by atomic mass is 16.5. The van der Waals surface area contributed by atoms with Crippen molar-refractivity contribution in [2.45, 2.75) is 0 Å². The minimum Gasteiger partial charge on any atom is -0.497 e. The molecule has 0 saturated carbocycles. The Hall–Kier alpha value is -4.06. The van der Waals surface area contributed by atoms with Crippen molar-refractivity contribution in [3.63, 3.8) is 0 Å². The molecule has 0 heterocycles. The molecule has 31 heavy (non-hydrogen) atoms. The smallest absolute Gasteiger partial charge is 0.347 e. The van der Waals surface area contributed by atoms with Crippen molar-refractivity contribution in [2.75, 3.05) is 21.3 Å². The Morgan fingerprint density at radius 1 is 0.710 bits per heavy atom. The van der Waals surface area contributed by atoms with Gasteiger partial charge in [-0.2, -0.15) is 0 Å². The van der Waals surface area contributed by atoms with Gasteiger partial charge in [-0.15, -0.1) is 0 Å². The van der Waals surface area contributed by atoms with E-state index in [-0.39, 0.29) is 22.7 Å². The fourth-order valence-corrected chi connectivity index (χ4v) is 2.95. The van der Waals surface area contributed by atoms with Gasteiger partial charge in [0.1, 0.15) is 28.6 Å². The third-order valence-corrected chi connectivity index (χ3v) is 4.54. The summed E-state index contributed by atoms with van der Waals surface area (Å²) in [7, 11) is 4.52. The molecule has 0 radical (unpaired) electrons. The van der Waals surface area contributed by atoms with Crippen molar-refractivity contribution >= 4 is 17.8 Å². The average molecular weight is 418 g/mol. The summed E-state index contributed by atoms with van der Waals surface area (Å²) in [5.74, 6) is 0.575. The zero-order valence-electron chi connectivity index (χ0n) is 17.5. The number of methoxy groups -OCH3 is 3. The van der Waals surface area contributed by atoms with Gasteiger partial charge in [0.25, 0.3) is 0 Å². The van der Waals surface area contributed by atoms with Crippen LogP contribution in [0.4, 0.5) is 0 Å². The molecule has 0 saturated heterocycles. The number of ether oxygens (including phenoxy) is 4. The molecular weight excluding hydrogens is 396 g/mol. The molecule has 0 spiro atoms. The van der Waals surface area contributed by atoms with Crippen LogP contribution in [-0.2, 0) is 0 Å². The molecule has 0 bridgehead atoms. The normalized spacial score (nSPS) is 10.5. The fourth-order valence-electron chi connectivity index (χ4n) is 2.95. The summed E-state index contributed by atoms with van der Waals surface area (Å²) in [4.78, 5) is 25.6. The number of benzene rings is 3. The first-order chi connectivity index (χ1) is 15.1. The van der Waals surface area contributed by atoms with Gasteiger partial charge < -0.3 is 18.9 Å². The first kappa shape index (κ1) is 21.6. The van der Waals surface area contributed by atoms with Crippen LogP contribution in [0.3, 0.4) is 0 Å². The molecule has 6 heteroatoms. The predicted octanol–water partition coefficient (Wildman–Crippen LogP) is 4.83. The van der Waals surface area contributed by atoms with Crippen LogP contribution in [0.1, 0.15) is 26.3 Å². The number of hydrogen-bond donors (Lipinski definition) is 0. The minimum atomic E-state index is -0.645. The summed E-state index contributed by atoms with van der Waals surface area (Å²) in [6.07, 6.45) is 3.05. The van der Waals surface area contributed by atoms with Crippen LogP contribution in [-0.4, -0.2) is 33.1 Å². The molecule has 158 valence electrons. The second-order valence-electron chi connectivity index (χ2n) is 6.39. The second-order valence-corrected chi connectivity index (χ2v) is 6.39. The Kier molecular flexibility index (Phi) is 7.06. The molecule has 0 N–H and O–H groups in total. The van der Waals surface area contributed by atoms with E-state index in [1.165, 1.54) is 26.4 Å². The molecule has 0 fully saturated rings. The van der Waals surface area contributed by atoms with E-state index in [0.717, 1.165) is 5.56 Å². The number of para-hydroxylation sites is 2. The SMILES string of the molecule is COc1ccc(C(=O)/C=C/c2ccccc2OC)c(OC(=O)c2ccccc2OC)c1. The van der Waals surface area contributed by atoms with E-state index >= 15 is 0 Å². The summed E-state index contributed by atoms with van der Waals surface area (Å²) in [5.41, 5.74) is 1.21. The van der Waals surface area contributed by atoms with Crippen LogP contribution in [0.15, 0.2) is 72.8 Å².